The van der Waals surface area contributed by atoms with Crippen LogP contribution in [0.1, 0.15) is 59.4 Å². The first-order valence-electron chi connectivity index (χ1n) is 13.1. The van der Waals surface area contributed by atoms with Crippen LogP contribution in [0.3, 0.4) is 0 Å². The quantitative estimate of drug-likeness (QED) is 0.170. The van der Waals surface area contributed by atoms with Crippen LogP contribution < -0.4 is 14.2 Å². The number of piperidine rings is 1. The molecule has 1 unspecified atom stereocenters. The van der Waals surface area contributed by atoms with Crippen molar-refractivity contribution in [3.05, 3.63) is 17.7 Å². The summed E-state index contributed by atoms with van der Waals surface area (Å²) in [5.41, 5.74) is -1.20. The summed E-state index contributed by atoms with van der Waals surface area (Å²) in [5, 5.41) is 0. The summed E-state index contributed by atoms with van der Waals surface area (Å²) in [4.78, 5) is 53.9. The number of esters is 2. The van der Waals surface area contributed by atoms with E-state index in [1.54, 1.807) is 46.8 Å². The lowest BCUT2D eigenvalue weighted by Crippen LogP contribution is -2.50. The molecule has 1 atom stereocenters. The predicted molar refractivity (Wildman–Crippen MR) is 144 cm³/mol. The fraction of sp³-hybridized carbons (Fsp3) is 0.643. The van der Waals surface area contributed by atoms with Gasteiger partial charge in [-0.2, -0.15) is 0 Å². The highest BCUT2D eigenvalue weighted by Crippen LogP contribution is 2.36. The number of likely N-dealkylation sites (tertiary alicyclic amines) is 1. The molecule has 1 saturated heterocycles. The van der Waals surface area contributed by atoms with E-state index in [9.17, 15) is 19.2 Å². The minimum atomic E-state index is -1.01. The van der Waals surface area contributed by atoms with Crippen LogP contribution in [0.5, 0.6) is 17.2 Å². The van der Waals surface area contributed by atoms with Crippen LogP contribution in [0.2, 0.25) is 0 Å². The summed E-state index contributed by atoms with van der Waals surface area (Å²) < 4.78 is 32.3. The second kappa shape index (κ2) is 14.1. The number of ether oxygens (including phenoxy) is 6. The molecule has 0 aliphatic carbocycles. The number of benzene rings is 1. The van der Waals surface area contributed by atoms with Crippen LogP contribution in [0.15, 0.2) is 12.1 Å². The Bertz CT molecular complexity index is 1040. The normalized spacial score (nSPS) is 16.9. The molecular weight excluding hydrogens is 524 g/mol. The van der Waals surface area contributed by atoms with E-state index >= 15 is 0 Å². The van der Waals surface area contributed by atoms with Crippen molar-refractivity contribution in [1.82, 2.24) is 9.80 Å². The molecule has 12 nitrogen and oxygen atoms in total. The van der Waals surface area contributed by atoms with Gasteiger partial charge in [-0.1, -0.05) is 0 Å². The lowest BCUT2D eigenvalue weighted by atomic mass is 9.82. The van der Waals surface area contributed by atoms with Crippen LogP contribution in [0.4, 0.5) is 4.79 Å². The van der Waals surface area contributed by atoms with Gasteiger partial charge in [0, 0.05) is 25.2 Å². The van der Waals surface area contributed by atoms with Gasteiger partial charge >= 0.3 is 18.0 Å². The Morgan fingerprint density at radius 2 is 1.62 bits per heavy atom. The molecule has 2 amide bonds. The molecule has 1 aliphatic rings. The molecule has 0 N–H and O–H groups in total. The maximum atomic E-state index is 13.3. The van der Waals surface area contributed by atoms with Gasteiger partial charge in [0.15, 0.2) is 6.73 Å². The predicted octanol–water partition coefficient (Wildman–Crippen LogP) is 3.53. The Kier molecular flexibility index (Phi) is 11.4. The van der Waals surface area contributed by atoms with Crippen molar-refractivity contribution < 1.29 is 47.6 Å². The van der Waals surface area contributed by atoms with Gasteiger partial charge in [0.25, 0.3) is 0 Å². The minimum Gasteiger partial charge on any atom is -0.496 e. The average molecular weight is 567 g/mol. The Hall–Kier alpha value is -3.70. The molecule has 12 heteroatoms. The van der Waals surface area contributed by atoms with Gasteiger partial charge in [0.2, 0.25) is 5.91 Å². The van der Waals surface area contributed by atoms with Gasteiger partial charge in [0.05, 0.1) is 45.5 Å². The SMILES string of the molecule is CCOC(=O)CC(=O)N(COC(=O)C1(C)CCCN(C(=O)OC(C)(C)C)C1)Cc1c(OC)cc(OC)cc1OC. The summed E-state index contributed by atoms with van der Waals surface area (Å²) in [7, 11) is 4.42. The first kappa shape index (κ1) is 32.5. The monoisotopic (exact) mass is 566 g/mol. The summed E-state index contributed by atoms with van der Waals surface area (Å²) in [6, 6.07) is 3.26. The van der Waals surface area contributed by atoms with E-state index in [1.807, 2.05) is 0 Å². The van der Waals surface area contributed by atoms with Crippen molar-refractivity contribution >= 4 is 23.9 Å². The summed E-state index contributed by atoms with van der Waals surface area (Å²) in [6.07, 6.45) is 0.0188. The van der Waals surface area contributed by atoms with Gasteiger partial charge in [-0.3, -0.25) is 14.4 Å². The third kappa shape index (κ3) is 8.92. The van der Waals surface area contributed by atoms with Crippen LogP contribution >= 0.6 is 0 Å². The highest BCUT2D eigenvalue weighted by Gasteiger charge is 2.42. The zero-order valence-electron chi connectivity index (χ0n) is 24.8. The Labute approximate surface area is 235 Å². The van der Waals surface area contributed by atoms with Gasteiger partial charge in [-0.15, -0.1) is 0 Å². The lowest BCUT2D eigenvalue weighted by molar-refractivity contribution is -0.166. The molecule has 1 aromatic carbocycles. The van der Waals surface area contributed by atoms with Crippen molar-refractivity contribution in [2.24, 2.45) is 5.41 Å². The molecule has 2 rings (SSSR count). The number of hydrogen-bond acceptors (Lipinski definition) is 10. The summed E-state index contributed by atoms with van der Waals surface area (Å²) in [6.45, 7) is 8.82. The van der Waals surface area contributed by atoms with Crippen molar-refractivity contribution in [2.75, 3.05) is 47.8 Å². The fourth-order valence-electron chi connectivity index (χ4n) is 4.28. The van der Waals surface area contributed by atoms with Gasteiger partial charge in [-0.05, 0) is 47.5 Å². The topological polar surface area (TPSA) is 130 Å². The third-order valence-electron chi connectivity index (χ3n) is 6.31. The van der Waals surface area contributed by atoms with Crippen LogP contribution in [-0.2, 0) is 35.1 Å². The summed E-state index contributed by atoms with van der Waals surface area (Å²) in [5.74, 6) is -0.663. The van der Waals surface area contributed by atoms with Crippen molar-refractivity contribution in [1.29, 1.82) is 0 Å². The van der Waals surface area contributed by atoms with E-state index in [2.05, 4.69) is 0 Å². The molecule has 1 aromatic rings. The van der Waals surface area contributed by atoms with Crippen LogP contribution in [0, 0.1) is 5.41 Å². The van der Waals surface area contributed by atoms with Crippen molar-refractivity contribution in [3.8, 4) is 17.2 Å². The zero-order valence-corrected chi connectivity index (χ0v) is 24.8. The maximum Gasteiger partial charge on any atom is 0.410 e. The molecule has 1 fully saturated rings. The van der Waals surface area contributed by atoms with E-state index in [4.69, 9.17) is 28.4 Å². The smallest absolute Gasteiger partial charge is 0.410 e. The molecule has 0 aromatic heterocycles. The Morgan fingerprint density at radius 1 is 1.00 bits per heavy atom. The first-order chi connectivity index (χ1) is 18.8. The minimum absolute atomic E-state index is 0.0946. The average Bonchev–Trinajstić information content (AvgIpc) is 2.89. The van der Waals surface area contributed by atoms with E-state index in [-0.39, 0.29) is 19.7 Å². The summed E-state index contributed by atoms with van der Waals surface area (Å²) >= 11 is 0. The van der Waals surface area contributed by atoms with Gasteiger partial charge in [0.1, 0.15) is 29.3 Å². The number of hydrogen-bond donors (Lipinski definition) is 0. The number of methoxy groups -OCH3 is 3. The number of carbonyl (C=O) groups is 4. The molecule has 0 saturated carbocycles. The van der Waals surface area contributed by atoms with Crippen LogP contribution in [-0.4, -0.2) is 87.1 Å². The first-order valence-corrected chi connectivity index (χ1v) is 13.1. The zero-order chi connectivity index (χ0) is 30.1. The second-order valence-corrected chi connectivity index (χ2v) is 10.7. The largest absolute Gasteiger partial charge is 0.496 e. The van der Waals surface area contributed by atoms with E-state index in [0.29, 0.717) is 42.2 Å². The number of amides is 2. The van der Waals surface area contributed by atoms with E-state index in [1.165, 1.54) is 31.1 Å². The Balaban J connectivity index is 2.26. The number of nitrogens with zero attached hydrogens (tertiary/aromatic N) is 2. The van der Waals surface area contributed by atoms with E-state index in [0.717, 1.165) is 0 Å². The molecule has 40 heavy (non-hydrogen) atoms. The number of carbonyl (C=O) groups excluding carboxylic acids is 4. The Morgan fingerprint density at radius 3 is 2.15 bits per heavy atom. The van der Waals surface area contributed by atoms with Crippen molar-refractivity contribution in [2.45, 2.75) is 66.0 Å². The molecule has 0 radical (unpaired) electrons. The molecule has 224 valence electrons. The van der Waals surface area contributed by atoms with Gasteiger partial charge in [-0.25, -0.2) is 4.79 Å². The van der Waals surface area contributed by atoms with Crippen LogP contribution in [0.25, 0.3) is 0 Å². The molecule has 0 bridgehead atoms. The van der Waals surface area contributed by atoms with E-state index < -0.39 is 48.1 Å². The second-order valence-electron chi connectivity index (χ2n) is 10.7. The lowest BCUT2D eigenvalue weighted by Gasteiger charge is -2.39. The standard InChI is InChI=1S/C28H42N2O10/c1-9-38-24(32)15-23(31)30(16-20-21(36-7)13-19(35-6)14-22(20)37-8)18-39-25(33)28(5)11-10-12-29(17-28)26(34)40-27(2,3)4/h13-14H,9-12,15-18H2,1-8H3. The third-order valence-corrected chi connectivity index (χ3v) is 6.31. The molecule has 0 spiro atoms. The fourth-order valence-corrected chi connectivity index (χ4v) is 4.28. The number of rotatable bonds is 11. The molecule has 1 aliphatic heterocycles. The molecule has 1 heterocycles. The molecular formula is C28H42N2O10. The highest BCUT2D eigenvalue weighted by molar-refractivity contribution is 5.94. The highest BCUT2D eigenvalue weighted by atomic mass is 16.6. The maximum absolute atomic E-state index is 13.3. The van der Waals surface area contributed by atoms with Crippen molar-refractivity contribution in [3.63, 3.8) is 0 Å². The van der Waals surface area contributed by atoms with Gasteiger partial charge < -0.3 is 38.2 Å².